The molecular formula is C11H22O3. The number of hydrogen-bond donors (Lipinski definition) is 1. The highest BCUT2D eigenvalue weighted by Crippen LogP contribution is 2.21. The lowest BCUT2D eigenvalue weighted by Gasteiger charge is -2.25. The zero-order valence-electron chi connectivity index (χ0n) is 9.78. The monoisotopic (exact) mass is 202 g/mol. The van der Waals surface area contributed by atoms with Gasteiger partial charge < -0.3 is 9.84 Å². The average Bonchev–Trinajstić information content (AvgIpc) is 2.01. The number of ether oxygens (including phenoxy) is 1. The molecule has 3 nitrogen and oxygen atoms in total. The summed E-state index contributed by atoms with van der Waals surface area (Å²) in [6.45, 7) is 7.89. The van der Waals surface area contributed by atoms with E-state index in [4.69, 9.17) is 0 Å². The molecule has 0 heterocycles. The third kappa shape index (κ3) is 4.09. The van der Waals surface area contributed by atoms with Crippen molar-refractivity contribution in [1.29, 1.82) is 0 Å². The van der Waals surface area contributed by atoms with Gasteiger partial charge in [-0.25, -0.2) is 0 Å². The summed E-state index contributed by atoms with van der Waals surface area (Å²) in [7, 11) is 1.36. The first-order valence-corrected chi connectivity index (χ1v) is 5.16. The molecule has 0 aromatic carbocycles. The number of carbonyl (C=O) groups is 1. The van der Waals surface area contributed by atoms with Crippen LogP contribution < -0.4 is 0 Å². The van der Waals surface area contributed by atoms with Crippen LogP contribution in [0.5, 0.6) is 0 Å². The molecule has 2 unspecified atom stereocenters. The van der Waals surface area contributed by atoms with E-state index in [9.17, 15) is 9.90 Å². The Hall–Kier alpha value is -0.570. The van der Waals surface area contributed by atoms with Crippen LogP contribution in [0.15, 0.2) is 0 Å². The highest BCUT2D eigenvalue weighted by Gasteiger charge is 2.30. The van der Waals surface area contributed by atoms with Gasteiger partial charge in [0.15, 0.2) is 0 Å². The van der Waals surface area contributed by atoms with Crippen molar-refractivity contribution >= 4 is 5.97 Å². The van der Waals surface area contributed by atoms with Gasteiger partial charge >= 0.3 is 5.97 Å². The topological polar surface area (TPSA) is 46.5 Å². The van der Waals surface area contributed by atoms with Crippen molar-refractivity contribution in [2.24, 2.45) is 17.8 Å². The molecule has 0 aromatic heterocycles. The predicted molar refractivity (Wildman–Crippen MR) is 55.8 cm³/mol. The van der Waals surface area contributed by atoms with Crippen LogP contribution in [0.2, 0.25) is 0 Å². The number of hydrogen-bond acceptors (Lipinski definition) is 3. The van der Waals surface area contributed by atoms with Crippen molar-refractivity contribution in [3.05, 3.63) is 0 Å². The Kier molecular flexibility index (Phi) is 5.77. The largest absolute Gasteiger partial charge is 0.469 e. The molecule has 0 bridgehead atoms. The molecule has 14 heavy (non-hydrogen) atoms. The van der Waals surface area contributed by atoms with Crippen molar-refractivity contribution in [2.75, 3.05) is 7.11 Å². The summed E-state index contributed by atoms with van der Waals surface area (Å²) in [4.78, 5) is 11.4. The van der Waals surface area contributed by atoms with Crippen molar-refractivity contribution in [1.82, 2.24) is 0 Å². The summed E-state index contributed by atoms with van der Waals surface area (Å²) in [6, 6.07) is 0. The molecule has 0 amide bonds. The molecule has 0 saturated heterocycles. The molecule has 0 saturated carbocycles. The maximum absolute atomic E-state index is 11.4. The molecule has 0 aliphatic carbocycles. The molecule has 1 N–H and O–H groups in total. The minimum atomic E-state index is -0.595. The van der Waals surface area contributed by atoms with Crippen molar-refractivity contribution in [3.63, 3.8) is 0 Å². The Morgan fingerprint density at radius 2 is 1.79 bits per heavy atom. The maximum Gasteiger partial charge on any atom is 0.311 e. The zero-order chi connectivity index (χ0) is 11.3. The van der Waals surface area contributed by atoms with Gasteiger partial charge in [0.1, 0.15) is 0 Å². The van der Waals surface area contributed by atoms with E-state index in [-0.39, 0.29) is 11.9 Å². The number of rotatable bonds is 5. The predicted octanol–water partition coefficient (Wildman–Crippen LogP) is 1.84. The molecule has 0 aliphatic rings. The minimum absolute atomic E-state index is 0.108. The van der Waals surface area contributed by atoms with E-state index in [1.165, 1.54) is 7.11 Å². The molecule has 0 aliphatic heterocycles. The first-order chi connectivity index (χ1) is 6.40. The van der Waals surface area contributed by atoms with Gasteiger partial charge in [-0.3, -0.25) is 4.79 Å². The van der Waals surface area contributed by atoms with Crippen molar-refractivity contribution in [3.8, 4) is 0 Å². The molecule has 84 valence electrons. The molecule has 2 atom stereocenters. The second kappa shape index (κ2) is 6.02. The van der Waals surface area contributed by atoms with Crippen LogP contribution >= 0.6 is 0 Å². The van der Waals surface area contributed by atoms with E-state index in [1.54, 1.807) is 0 Å². The fourth-order valence-corrected chi connectivity index (χ4v) is 1.64. The van der Waals surface area contributed by atoms with E-state index in [0.717, 1.165) is 0 Å². The second-order valence-electron chi connectivity index (χ2n) is 4.49. The number of esters is 1. The van der Waals surface area contributed by atoms with E-state index in [2.05, 4.69) is 4.74 Å². The van der Waals surface area contributed by atoms with Gasteiger partial charge in [0.2, 0.25) is 0 Å². The Morgan fingerprint density at radius 1 is 1.29 bits per heavy atom. The standard InChI is InChI=1S/C11H22O3/c1-7(2)6-9(12)10(8(3)4)11(13)14-5/h7-10,12H,6H2,1-5H3. The van der Waals surface area contributed by atoms with Crippen LogP contribution in [0, 0.1) is 17.8 Å². The quantitative estimate of drug-likeness (QED) is 0.692. The highest BCUT2D eigenvalue weighted by molar-refractivity contribution is 5.73. The number of carbonyl (C=O) groups excluding carboxylic acids is 1. The van der Waals surface area contributed by atoms with Crippen LogP contribution in [-0.2, 0) is 9.53 Å². The first kappa shape index (κ1) is 13.4. The highest BCUT2D eigenvalue weighted by atomic mass is 16.5. The average molecular weight is 202 g/mol. The third-order valence-corrected chi connectivity index (χ3v) is 2.32. The summed E-state index contributed by atoms with van der Waals surface area (Å²) in [5.74, 6) is -0.220. The third-order valence-electron chi connectivity index (χ3n) is 2.32. The lowest BCUT2D eigenvalue weighted by Crippen LogP contribution is -2.34. The number of aliphatic hydroxyl groups is 1. The minimum Gasteiger partial charge on any atom is -0.469 e. The van der Waals surface area contributed by atoms with E-state index >= 15 is 0 Å². The summed E-state index contributed by atoms with van der Waals surface area (Å²) in [6.07, 6.45) is 0.0419. The summed E-state index contributed by atoms with van der Waals surface area (Å²) >= 11 is 0. The Bertz CT molecular complexity index is 175. The fraction of sp³-hybridized carbons (Fsp3) is 0.909. The smallest absolute Gasteiger partial charge is 0.311 e. The molecule has 0 spiro atoms. The second-order valence-corrected chi connectivity index (χ2v) is 4.49. The van der Waals surface area contributed by atoms with Gasteiger partial charge in [0.25, 0.3) is 0 Å². The number of methoxy groups -OCH3 is 1. The zero-order valence-corrected chi connectivity index (χ0v) is 9.78. The van der Waals surface area contributed by atoms with E-state index in [1.807, 2.05) is 27.7 Å². The van der Waals surface area contributed by atoms with Gasteiger partial charge in [-0.2, -0.15) is 0 Å². The van der Waals surface area contributed by atoms with Crippen LogP contribution in [0.25, 0.3) is 0 Å². The summed E-state index contributed by atoms with van der Waals surface area (Å²) < 4.78 is 4.68. The molecular weight excluding hydrogens is 180 g/mol. The van der Waals surface area contributed by atoms with Gasteiger partial charge in [0.05, 0.1) is 19.1 Å². The lowest BCUT2D eigenvalue weighted by molar-refractivity contribution is -0.152. The van der Waals surface area contributed by atoms with Gasteiger partial charge in [-0.1, -0.05) is 27.7 Å². The lowest BCUT2D eigenvalue weighted by atomic mass is 9.86. The van der Waals surface area contributed by atoms with Crippen LogP contribution in [0.3, 0.4) is 0 Å². The van der Waals surface area contributed by atoms with Gasteiger partial charge in [0, 0.05) is 0 Å². The SMILES string of the molecule is COC(=O)C(C(C)C)C(O)CC(C)C. The normalized spacial score (nSPS) is 15.7. The molecule has 0 radical (unpaired) electrons. The van der Waals surface area contributed by atoms with Gasteiger partial charge in [-0.05, 0) is 18.3 Å². The summed E-state index contributed by atoms with van der Waals surface area (Å²) in [5.41, 5.74) is 0. The molecule has 3 heteroatoms. The molecule has 0 rings (SSSR count). The van der Waals surface area contributed by atoms with Crippen molar-refractivity contribution < 1.29 is 14.6 Å². The Morgan fingerprint density at radius 3 is 2.07 bits per heavy atom. The van der Waals surface area contributed by atoms with Crippen LogP contribution in [0.1, 0.15) is 34.1 Å². The molecule has 0 aromatic rings. The Labute approximate surface area is 86.5 Å². The molecule has 0 fully saturated rings. The van der Waals surface area contributed by atoms with E-state index < -0.39 is 12.0 Å². The van der Waals surface area contributed by atoms with Crippen LogP contribution in [0.4, 0.5) is 0 Å². The van der Waals surface area contributed by atoms with Crippen molar-refractivity contribution in [2.45, 2.75) is 40.2 Å². The maximum atomic E-state index is 11.4. The fourth-order valence-electron chi connectivity index (χ4n) is 1.64. The summed E-state index contributed by atoms with van der Waals surface area (Å²) in [5, 5.41) is 9.85. The van der Waals surface area contributed by atoms with E-state index in [0.29, 0.717) is 12.3 Å². The van der Waals surface area contributed by atoms with Gasteiger partial charge in [-0.15, -0.1) is 0 Å². The first-order valence-electron chi connectivity index (χ1n) is 5.16. The van der Waals surface area contributed by atoms with Crippen LogP contribution in [-0.4, -0.2) is 24.3 Å². The number of aliphatic hydroxyl groups excluding tert-OH is 1. The Balaban J connectivity index is 4.41.